The maximum atomic E-state index is 13.4. The molecule has 0 saturated heterocycles. The van der Waals surface area contributed by atoms with Crippen molar-refractivity contribution in [2.45, 2.75) is 4.90 Å². The molecule has 4 nitrogen and oxygen atoms in total. The van der Waals surface area contributed by atoms with Crippen LogP contribution in [0.4, 0.5) is 5.69 Å². The molecular weight excluding hydrogens is 441 g/mol. The van der Waals surface area contributed by atoms with Crippen LogP contribution in [-0.4, -0.2) is 18.9 Å². The lowest BCUT2D eigenvalue weighted by Crippen LogP contribution is -2.31. The van der Waals surface area contributed by atoms with Crippen molar-refractivity contribution in [1.82, 2.24) is 0 Å². The van der Waals surface area contributed by atoms with Crippen LogP contribution in [0.15, 0.2) is 82.6 Å². The highest BCUT2D eigenvalue weighted by Gasteiger charge is 2.40. The Morgan fingerprint density at radius 1 is 0.833 bits per heavy atom. The van der Waals surface area contributed by atoms with Crippen LogP contribution < -0.4 is 9.64 Å². The van der Waals surface area contributed by atoms with Crippen molar-refractivity contribution >= 4 is 58.0 Å². The smallest absolute Gasteiger partial charge is 0.272 e. The zero-order chi connectivity index (χ0) is 21.3. The molecule has 3 aromatic carbocycles. The molecule has 1 heterocycles. The highest BCUT2D eigenvalue weighted by molar-refractivity contribution is 8.04. The van der Waals surface area contributed by atoms with Gasteiger partial charge >= 0.3 is 0 Å². The minimum Gasteiger partial charge on any atom is -0.497 e. The SMILES string of the molecule is COc1ccc(C2=C(Sc3ccccc3)C(=O)N(c3cc(Cl)cc(Cl)c3)C2=O)cc1. The van der Waals surface area contributed by atoms with Gasteiger partial charge in [-0.2, -0.15) is 0 Å². The third-order valence-electron chi connectivity index (χ3n) is 4.49. The number of hydrogen-bond acceptors (Lipinski definition) is 4. The third kappa shape index (κ3) is 3.97. The van der Waals surface area contributed by atoms with Crippen LogP contribution >= 0.6 is 35.0 Å². The van der Waals surface area contributed by atoms with E-state index in [0.717, 1.165) is 9.80 Å². The van der Waals surface area contributed by atoms with E-state index < -0.39 is 11.8 Å². The summed E-state index contributed by atoms with van der Waals surface area (Å²) in [5.74, 6) is -0.188. The highest BCUT2D eigenvalue weighted by atomic mass is 35.5. The standard InChI is InChI=1S/C23H15Cl2NO3S/c1-29-18-9-7-14(8-10-18)20-21(30-19-5-3-2-4-6-19)23(28)26(22(20)27)17-12-15(24)11-16(25)13-17/h2-13H,1H3. The Morgan fingerprint density at radius 2 is 1.47 bits per heavy atom. The van der Waals surface area contributed by atoms with Gasteiger partial charge in [0.2, 0.25) is 0 Å². The Balaban J connectivity index is 1.83. The molecule has 0 saturated carbocycles. The molecule has 30 heavy (non-hydrogen) atoms. The van der Waals surface area contributed by atoms with Gasteiger partial charge in [0, 0.05) is 14.9 Å². The van der Waals surface area contributed by atoms with Crippen LogP contribution in [0.25, 0.3) is 5.57 Å². The van der Waals surface area contributed by atoms with E-state index in [1.807, 2.05) is 30.3 Å². The van der Waals surface area contributed by atoms with E-state index in [2.05, 4.69) is 0 Å². The van der Waals surface area contributed by atoms with Crippen LogP contribution in [0.5, 0.6) is 5.75 Å². The minimum absolute atomic E-state index is 0.326. The Labute approximate surface area is 188 Å². The number of carbonyl (C=O) groups is 2. The number of anilines is 1. The lowest BCUT2D eigenvalue weighted by molar-refractivity contribution is -0.119. The van der Waals surface area contributed by atoms with Crippen molar-refractivity contribution in [2.75, 3.05) is 12.0 Å². The quantitative estimate of drug-likeness (QED) is 0.437. The number of hydrogen-bond donors (Lipinski definition) is 0. The van der Waals surface area contributed by atoms with E-state index in [1.54, 1.807) is 49.6 Å². The molecule has 0 N–H and O–H groups in total. The van der Waals surface area contributed by atoms with Gasteiger partial charge in [0.1, 0.15) is 5.75 Å². The highest BCUT2D eigenvalue weighted by Crippen LogP contribution is 2.42. The summed E-state index contributed by atoms with van der Waals surface area (Å²) < 4.78 is 5.21. The summed E-state index contributed by atoms with van der Waals surface area (Å²) in [4.78, 5) is 29.1. The van der Waals surface area contributed by atoms with Gasteiger partial charge in [0.05, 0.1) is 23.3 Å². The van der Waals surface area contributed by atoms with Crippen LogP contribution in [0.2, 0.25) is 10.0 Å². The molecule has 3 aromatic rings. The van der Waals surface area contributed by atoms with Crippen LogP contribution in [0, 0.1) is 0 Å². The molecule has 2 amide bonds. The molecule has 7 heteroatoms. The number of thioether (sulfide) groups is 1. The molecule has 1 aliphatic rings. The van der Waals surface area contributed by atoms with Crippen molar-refractivity contribution in [3.05, 3.63) is 93.3 Å². The maximum Gasteiger partial charge on any atom is 0.272 e. The number of benzene rings is 3. The van der Waals surface area contributed by atoms with Crippen LogP contribution in [-0.2, 0) is 9.59 Å². The monoisotopic (exact) mass is 455 g/mol. The topological polar surface area (TPSA) is 46.6 Å². The van der Waals surface area contributed by atoms with E-state index in [-0.39, 0.29) is 0 Å². The first kappa shape index (κ1) is 20.5. The number of halogens is 2. The number of rotatable bonds is 5. The number of imide groups is 1. The zero-order valence-electron chi connectivity index (χ0n) is 15.8. The number of methoxy groups -OCH3 is 1. The summed E-state index contributed by atoms with van der Waals surface area (Å²) in [6.45, 7) is 0. The van der Waals surface area contributed by atoms with Gasteiger partial charge in [-0.15, -0.1) is 0 Å². The molecule has 0 aromatic heterocycles. The maximum absolute atomic E-state index is 13.4. The normalized spacial score (nSPS) is 13.9. The van der Waals surface area contributed by atoms with Gasteiger partial charge < -0.3 is 4.74 Å². The lowest BCUT2D eigenvalue weighted by Gasteiger charge is -2.16. The van der Waals surface area contributed by atoms with Crippen molar-refractivity contribution in [3.8, 4) is 5.75 Å². The Morgan fingerprint density at radius 3 is 2.07 bits per heavy atom. The first-order valence-corrected chi connectivity index (χ1v) is 10.5. The average Bonchev–Trinajstić information content (AvgIpc) is 2.97. The Hall–Kier alpha value is -2.73. The predicted molar refractivity (Wildman–Crippen MR) is 121 cm³/mol. The molecule has 150 valence electrons. The van der Waals surface area contributed by atoms with E-state index in [9.17, 15) is 9.59 Å². The summed E-state index contributed by atoms with van der Waals surface area (Å²) in [6.07, 6.45) is 0. The lowest BCUT2D eigenvalue weighted by atomic mass is 10.1. The second-order valence-electron chi connectivity index (χ2n) is 6.42. The van der Waals surface area contributed by atoms with Gasteiger partial charge in [-0.1, -0.05) is 65.3 Å². The Bertz CT molecular complexity index is 1140. The molecule has 0 bridgehead atoms. The van der Waals surface area contributed by atoms with Crippen molar-refractivity contribution in [3.63, 3.8) is 0 Å². The fourth-order valence-electron chi connectivity index (χ4n) is 3.13. The summed E-state index contributed by atoms with van der Waals surface area (Å²) in [6, 6.07) is 21.1. The van der Waals surface area contributed by atoms with Gasteiger partial charge in [0.15, 0.2) is 0 Å². The van der Waals surface area contributed by atoms with Crippen LogP contribution in [0.1, 0.15) is 5.56 Å². The van der Waals surface area contributed by atoms with Crippen molar-refractivity contribution in [1.29, 1.82) is 0 Å². The largest absolute Gasteiger partial charge is 0.497 e. The van der Waals surface area contributed by atoms with E-state index in [0.29, 0.717) is 37.5 Å². The van der Waals surface area contributed by atoms with E-state index in [1.165, 1.54) is 11.8 Å². The second-order valence-corrected chi connectivity index (χ2v) is 8.38. The fourth-order valence-corrected chi connectivity index (χ4v) is 4.66. The molecule has 1 aliphatic heterocycles. The number of amides is 2. The van der Waals surface area contributed by atoms with E-state index in [4.69, 9.17) is 27.9 Å². The molecule has 0 atom stereocenters. The van der Waals surface area contributed by atoms with Gasteiger partial charge in [-0.05, 0) is 48.0 Å². The molecule has 0 radical (unpaired) electrons. The number of carbonyl (C=O) groups excluding carboxylic acids is 2. The molecular formula is C23H15Cl2NO3S. The van der Waals surface area contributed by atoms with Gasteiger partial charge in [-0.25, -0.2) is 4.90 Å². The zero-order valence-corrected chi connectivity index (χ0v) is 18.1. The van der Waals surface area contributed by atoms with Gasteiger partial charge in [-0.3, -0.25) is 9.59 Å². The van der Waals surface area contributed by atoms with Crippen molar-refractivity contribution in [2.24, 2.45) is 0 Å². The molecule has 4 rings (SSSR count). The van der Waals surface area contributed by atoms with Crippen molar-refractivity contribution < 1.29 is 14.3 Å². The van der Waals surface area contributed by atoms with Crippen LogP contribution in [0.3, 0.4) is 0 Å². The fraction of sp³-hybridized carbons (Fsp3) is 0.0435. The number of ether oxygens (including phenoxy) is 1. The summed E-state index contributed by atoms with van der Waals surface area (Å²) >= 11 is 13.5. The predicted octanol–water partition coefficient (Wildman–Crippen LogP) is 6.08. The average molecular weight is 456 g/mol. The summed E-state index contributed by atoms with van der Waals surface area (Å²) in [5, 5.41) is 0.682. The Kier molecular flexibility index (Phi) is 5.86. The number of nitrogens with zero attached hydrogens (tertiary/aromatic N) is 1. The first-order chi connectivity index (χ1) is 14.5. The van der Waals surface area contributed by atoms with Gasteiger partial charge in [0.25, 0.3) is 11.8 Å². The first-order valence-electron chi connectivity index (χ1n) is 8.94. The minimum atomic E-state index is -0.429. The second kappa shape index (κ2) is 8.56. The molecule has 0 fully saturated rings. The summed E-state index contributed by atoms with van der Waals surface area (Å²) in [7, 11) is 1.57. The third-order valence-corrected chi connectivity index (χ3v) is 6.02. The molecule has 0 spiro atoms. The molecule has 0 aliphatic carbocycles. The van der Waals surface area contributed by atoms with E-state index >= 15 is 0 Å². The summed E-state index contributed by atoms with van der Waals surface area (Å²) in [5.41, 5.74) is 1.29. The molecule has 0 unspecified atom stereocenters.